The lowest BCUT2D eigenvalue weighted by Crippen LogP contribution is -2.55. The molecule has 0 aliphatic carbocycles. The van der Waals surface area contributed by atoms with Crippen LogP contribution >= 0.6 is 0 Å². The van der Waals surface area contributed by atoms with E-state index in [9.17, 15) is 0 Å². The van der Waals surface area contributed by atoms with Crippen LogP contribution in [0.2, 0.25) is 51.9 Å². The molecule has 0 fully saturated rings. The minimum Gasteiger partial charge on any atom is -0.437 e. The lowest BCUT2D eigenvalue weighted by molar-refractivity contribution is -0.367. The minimum atomic E-state index is -1.96. The van der Waals surface area contributed by atoms with Crippen LogP contribution in [-0.4, -0.2) is 31.7 Å². The van der Waals surface area contributed by atoms with Crippen molar-refractivity contribution >= 4 is 25.2 Å². The number of quaternary nitrogens is 1. The molecule has 6 heteroatoms. The van der Waals surface area contributed by atoms with Crippen LogP contribution in [0.25, 0.3) is 0 Å². The first-order chi connectivity index (χ1) is 6.97. The first kappa shape index (κ1) is 16.5. The van der Waals surface area contributed by atoms with Crippen LogP contribution in [0.5, 0.6) is 0 Å². The van der Waals surface area contributed by atoms with E-state index in [2.05, 4.69) is 51.6 Å². The van der Waals surface area contributed by atoms with Crippen molar-refractivity contribution in [3.8, 4) is 0 Å². The highest BCUT2D eigenvalue weighted by molar-refractivity contribution is 6.87. The molecule has 0 aromatic rings. The standard InChI is InChI=1S/C10H29NO2Si3/c1-14(2,3)12-16(7,10-8-9-11)13-15(4,5)6/h8-11H2,1-7H3/p+1. The smallest absolute Gasteiger partial charge is 0.314 e. The Bertz CT molecular complexity index is 195. The molecular weight excluding hydrogens is 250 g/mol. The van der Waals surface area contributed by atoms with Crippen molar-refractivity contribution in [3.63, 3.8) is 0 Å². The molecule has 0 aliphatic rings. The van der Waals surface area contributed by atoms with Crippen molar-refractivity contribution in [1.29, 1.82) is 0 Å². The summed E-state index contributed by atoms with van der Waals surface area (Å²) in [5.74, 6) is 0. The van der Waals surface area contributed by atoms with Gasteiger partial charge in [-0.1, -0.05) is 0 Å². The van der Waals surface area contributed by atoms with E-state index in [1.807, 2.05) is 0 Å². The Morgan fingerprint density at radius 2 is 1.19 bits per heavy atom. The number of hydrogen-bond donors (Lipinski definition) is 1. The van der Waals surface area contributed by atoms with Gasteiger partial charge in [0.2, 0.25) is 0 Å². The Morgan fingerprint density at radius 1 is 0.812 bits per heavy atom. The number of rotatable bonds is 7. The molecule has 0 spiro atoms. The predicted molar refractivity (Wildman–Crippen MR) is 77.7 cm³/mol. The summed E-state index contributed by atoms with van der Waals surface area (Å²) < 4.78 is 12.7. The zero-order valence-corrected chi connectivity index (χ0v) is 15.1. The van der Waals surface area contributed by atoms with E-state index in [1.54, 1.807) is 0 Å². The van der Waals surface area contributed by atoms with Crippen molar-refractivity contribution in [2.75, 3.05) is 6.54 Å². The third-order valence-electron chi connectivity index (χ3n) is 1.93. The Hall–Kier alpha value is 0.531. The van der Waals surface area contributed by atoms with Crippen LogP contribution in [0.3, 0.4) is 0 Å². The summed E-state index contributed by atoms with van der Waals surface area (Å²) in [7, 11) is -4.97. The second-order valence-electron chi connectivity index (χ2n) is 6.52. The van der Waals surface area contributed by atoms with Gasteiger partial charge in [-0.15, -0.1) is 0 Å². The highest BCUT2D eigenvalue weighted by atomic mass is 28.5. The van der Waals surface area contributed by atoms with Crippen LogP contribution in [-0.2, 0) is 8.23 Å². The molecule has 0 rings (SSSR count). The largest absolute Gasteiger partial charge is 0.437 e. The summed E-state index contributed by atoms with van der Waals surface area (Å²) in [6.07, 6.45) is 1.12. The highest BCUT2D eigenvalue weighted by Crippen LogP contribution is 2.24. The third kappa shape index (κ3) is 8.66. The molecule has 0 unspecified atom stereocenters. The number of hydrogen-bond acceptors (Lipinski definition) is 2. The molecule has 0 aromatic carbocycles. The Balaban J connectivity index is 4.61. The van der Waals surface area contributed by atoms with Gasteiger partial charge in [-0.05, 0) is 58.3 Å². The molecular formula is C10H30NO2Si3+. The van der Waals surface area contributed by atoms with E-state index in [4.69, 9.17) is 8.23 Å². The topological polar surface area (TPSA) is 46.1 Å². The fourth-order valence-corrected chi connectivity index (χ4v) is 14.5. The van der Waals surface area contributed by atoms with Gasteiger partial charge >= 0.3 is 8.56 Å². The average Bonchev–Trinajstić information content (AvgIpc) is 1.93. The summed E-state index contributed by atoms with van der Waals surface area (Å²) >= 11 is 0. The van der Waals surface area contributed by atoms with Gasteiger partial charge in [-0.25, -0.2) is 0 Å². The molecule has 0 heterocycles. The first-order valence-corrected chi connectivity index (χ1v) is 15.5. The van der Waals surface area contributed by atoms with Crippen LogP contribution in [0.4, 0.5) is 0 Å². The van der Waals surface area contributed by atoms with E-state index in [1.165, 1.54) is 0 Å². The summed E-state index contributed by atoms with van der Waals surface area (Å²) in [4.78, 5) is 0. The monoisotopic (exact) mass is 280 g/mol. The van der Waals surface area contributed by atoms with Gasteiger partial charge in [0.05, 0.1) is 6.54 Å². The van der Waals surface area contributed by atoms with Crippen LogP contribution in [0.1, 0.15) is 6.42 Å². The van der Waals surface area contributed by atoms with Gasteiger partial charge in [-0.3, -0.25) is 0 Å². The Morgan fingerprint density at radius 3 is 1.44 bits per heavy atom. The summed E-state index contributed by atoms with van der Waals surface area (Å²) in [6, 6.07) is 1.09. The summed E-state index contributed by atoms with van der Waals surface area (Å²) in [5.41, 5.74) is 3.92. The van der Waals surface area contributed by atoms with Gasteiger partial charge in [0.15, 0.2) is 16.6 Å². The van der Waals surface area contributed by atoms with E-state index < -0.39 is 25.2 Å². The van der Waals surface area contributed by atoms with Crippen molar-refractivity contribution in [2.45, 2.75) is 58.3 Å². The summed E-state index contributed by atoms with van der Waals surface area (Å²) in [5, 5.41) is 0. The van der Waals surface area contributed by atoms with E-state index in [-0.39, 0.29) is 0 Å². The Kier molecular flexibility index (Phi) is 6.12. The fraction of sp³-hybridized carbons (Fsp3) is 1.00. The predicted octanol–water partition coefficient (Wildman–Crippen LogP) is 2.39. The lowest BCUT2D eigenvalue weighted by atomic mass is 10.5. The average molecular weight is 281 g/mol. The van der Waals surface area contributed by atoms with Crippen molar-refractivity contribution in [3.05, 3.63) is 0 Å². The Labute approximate surface area is 104 Å². The van der Waals surface area contributed by atoms with Gasteiger partial charge in [-0.2, -0.15) is 0 Å². The van der Waals surface area contributed by atoms with E-state index >= 15 is 0 Å². The van der Waals surface area contributed by atoms with E-state index in [0.29, 0.717) is 0 Å². The zero-order valence-electron chi connectivity index (χ0n) is 12.1. The lowest BCUT2D eigenvalue weighted by Gasteiger charge is -2.38. The van der Waals surface area contributed by atoms with Gasteiger partial charge in [0.25, 0.3) is 0 Å². The summed E-state index contributed by atoms with van der Waals surface area (Å²) in [6.45, 7) is 16.7. The van der Waals surface area contributed by atoms with Crippen LogP contribution < -0.4 is 5.73 Å². The molecule has 3 N–H and O–H groups in total. The molecule has 0 saturated heterocycles. The SMILES string of the molecule is C[Si](C)(C)O[Si](C)(CCC[NH3+])O[Si](C)(C)C. The van der Waals surface area contributed by atoms with Gasteiger partial charge < -0.3 is 14.0 Å². The molecule has 0 atom stereocenters. The van der Waals surface area contributed by atoms with Crippen LogP contribution in [0.15, 0.2) is 0 Å². The molecule has 0 aromatic heterocycles. The normalized spacial score (nSPS) is 14.2. The van der Waals surface area contributed by atoms with Crippen molar-refractivity contribution < 1.29 is 14.0 Å². The molecule has 0 radical (unpaired) electrons. The highest BCUT2D eigenvalue weighted by Gasteiger charge is 2.39. The molecule has 98 valence electrons. The molecule has 0 aliphatic heterocycles. The zero-order chi connectivity index (χ0) is 13.0. The quantitative estimate of drug-likeness (QED) is 0.728. The second-order valence-corrected chi connectivity index (χ2v) is 19.4. The maximum Gasteiger partial charge on any atom is 0.314 e. The van der Waals surface area contributed by atoms with Gasteiger partial charge in [0.1, 0.15) is 0 Å². The van der Waals surface area contributed by atoms with Gasteiger partial charge in [0, 0.05) is 0 Å². The fourth-order valence-electron chi connectivity index (χ4n) is 1.86. The maximum absolute atomic E-state index is 6.37. The molecule has 0 amide bonds. The first-order valence-electron chi connectivity index (χ1n) is 6.17. The molecule has 16 heavy (non-hydrogen) atoms. The van der Waals surface area contributed by atoms with Crippen molar-refractivity contribution in [1.82, 2.24) is 0 Å². The van der Waals surface area contributed by atoms with Crippen LogP contribution in [0, 0.1) is 0 Å². The third-order valence-corrected chi connectivity index (χ3v) is 11.5. The second kappa shape index (κ2) is 5.92. The molecule has 0 saturated carbocycles. The maximum atomic E-state index is 6.37. The molecule has 3 nitrogen and oxygen atoms in total. The van der Waals surface area contributed by atoms with Crippen molar-refractivity contribution in [2.24, 2.45) is 0 Å². The minimum absolute atomic E-state index is 0.979. The molecule has 0 bridgehead atoms. The van der Waals surface area contributed by atoms with E-state index in [0.717, 1.165) is 19.0 Å².